The number of esters is 1. The molecule has 2 heterocycles. The molecule has 0 unspecified atom stereocenters. The predicted molar refractivity (Wildman–Crippen MR) is 143 cm³/mol. The molecule has 186 valence electrons. The Morgan fingerprint density at radius 3 is 2.31 bits per heavy atom. The Balaban J connectivity index is 1.82. The molecule has 0 saturated carbocycles. The van der Waals surface area contributed by atoms with Gasteiger partial charge < -0.3 is 14.0 Å². The van der Waals surface area contributed by atoms with Crippen LogP contribution in [0.1, 0.15) is 41.9 Å². The third kappa shape index (κ3) is 4.35. The van der Waals surface area contributed by atoms with Gasteiger partial charge in [-0.05, 0) is 101 Å². The summed E-state index contributed by atoms with van der Waals surface area (Å²) in [5, 5.41) is 0. The van der Waals surface area contributed by atoms with E-state index in [1.807, 2.05) is 51.1 Å². The zero-order valence-corrected chi connectivity index (χ0v) is 21.9. The molecule has 1 aliphatic rings. The van der Waals surface area contributed by atoms with Gasteiger partial charge in [0.15, 0.2) is 0 Å². The van der Waals surface area contributed by atoms with Crippen molar-refractivity contribution in [2.24, 2.45) is 0 Å². The maximum atomic E-state index is 13.7. The Labute approximate surface area is 212 Å². The van der Waals surface area contributed by atoms with Crippen molar-refractivity contribution in [3.63, 3.8) is 0 Å². The van der Waals surface area contributed by atoms with E-state index in [1.165, 1.54) is 12.7 Å². The quantitative estimate of drug-likeness (QED) is 0.319. The van der Waals surface area contributed by atoms with E-state index in [0.29, 0.717) is 23.6 Å². The van der Waals surface area contributed by atoms with Crippen LogP contribution in [-0.4, -0.2) is 30.2 Å². The summed E-state index contributed by atoms with van der Waals surface area (Å²) in [5.74, 6) is -0.0881. The van der Waals surface area contributed by atoms with Crippen LogP contribution < -0.4 is 9.64 Å². The largest absolute Gasteiger partial charge is 0.494 e. The summed E-state index contributed by atoms with van der Waals surface area (Å²) in [6.45, 7) is 12.5. The number of ether oxygens (including phenoxy) is 2. The van der Waals surface area contributed by atoms with Gasteiger partial charge in [-0.25, -0.2) is 4.79 Å². The molecular weight excluding hydrogens is 452 g/mol. The molecule has 1 aromatic heterocycles. The van der Waals surface area contributed by atoms with Crippen molar-refractivity contribution in [3.05, 3.63) is 93.5 Å². The predicted octanol–water partition coefficient (Wildman–Crippen LogP) is 5.99. The second kappa shape index (κ2) is 9.90. The monoisotopic (exact) mass is 484 g/mol. The summed E-state index contributed by atoms with van der Waals surface area (Å²) in [6.07, 6.45) is 1.80. The average molecular weight is 485 g/mol. The Bertz CT molecular complexity index is 1410. The Morgan fingerprint density at radius 1 is 0.972 bits per heavy atom. The fourth-order valence-corrected chi connectivity index (χ4v) is 4.77. The first kappa shape index (κ1) is 25.0. The molecule has 0 N–H and O–H groups in total. The fraction of sp³-hybridized carbons (Fsp3) is 0.267. The number of carbonyl (C=O) groups is 2. The van der Waals surface area contributed by atoms with E-state index in [2.05, 4.69) is 36.6 Å². The zero-order chi connectivity index (χ0) is 26.1. The minimum Gasteiger partial charge on any atom is -0.494 e. The number of aromatic nitrogens is 1. The Hall–Kier alpha value is -4.06. The van der Waals surface area contributed by atoms with E-state index in [4.69, 9.17) is 9.47 Å². The highest BCUT2D eigenvalue weighted by Crippen LogP contribution is 2.37. The summed E-state index contributed by atoms with van der Waals surface area (Å²) in [4.78, 5) is 28.1. The molecule has 0 saturated heterocycles. The second-order valence-corrected chi connectivity index (χ2v) is 9.03. The number of benzene rings is 2. The van der Waals surface area contributed by atoms with Crippen LogP contribution in [-0.2, 0) is 14.3 Å². The molecule has 0 aliphatic carbocycles. The molecule has 0 spiro atoms. The summed E-state index contributed by atoms with van der Waals surface area (Å²) < 4.78 is 12.8. The summed E-state index contributed by atoms with van der Waals surface area (Å²) in [6, 6.07) is 15.7. The molecule has 0 bridgehead atoms. The van der Waals surface area contributed by atoms with Gasteiger partial charge in [0.05, 0.1) is 24.9 Å². The van der Waals surface area contributed by atoms with E-state index in [1.54, 1.807) is 17.9 Å². The Morgan fingerprint density at radius 2 is 1.67 bits per heavy atom. The molecule has 2 aromatic carbocycles. The smallest absolute Gasteiger partial charge is 0.340 e. The van der Waals surface area contributed by atoms with Crippen LogP contribution in [0.2, 0.25) is 0 Å². The van der Waals surface area contributed by atoms with Crippen molar-refractivity contribution in [1.29, 1.82) is 0 Å². The van der Waals surface area contributed by atoms with Crippen molar-refractivity contribution >= 4 is 23.6 Å². The number of hydrogen-bond acceptors (Lipinski definition) is 4. The van der Waals surface area contributed by atoms with Gasteiger partial charge in [0.25, 0.3) is 5.91 Å². The first-order chi connectivity index (χ1) is 17.2. The SMILES string of the molecule is CCOc1ccc(N2C(=O)/C(=C\c3cc(C)n(-c4cc(C)ccc4C)c3C)C(C(=O)OC)=C2C)cc1. The molecule has 1 amide bonds. The topological polar surface area (TPSA) is 60.8 Å². The number of hydrogen-bond donors (Lipinski definition) is 0. The summed E-state index contributed by atoms with van der Waals surface area (Å²) in [7, 11) is 1.33. The van der Waals surface area contributed by atoms with Crippen molar-refractivity contribution < 1.29 is 19.1 Å². The van der Waals surface area contributed by atoms with E-state index in [0.717, 1.165) is 34.0 Å². The molecule has 1 aliphatic heterocycles. The molecule has 0 atom stereocenters. The maximum Gasteiger partial charge on any atom is 0.340 e. The van der Waals surface area contributed by atoms with Gasteiger partial charge in [0.2, 0.25) is 0 Å². The highest BCUT2D eigenvalue weighted by Gasteiger charge is 2.38. The first-order valence-electron chi connectivity index (χ1n) is 12.0. The third-order valence-corrected chi connectivity index (χ3v) is 6.57. The number of allylic oxidation sites excluding steroid dienone is 1. The number of aryl methyl sites for hydroxylation is 3. The minimum absolute atomic E-state index is 0.270. The number of rotatable bonds is 6. The number of nitrogens with zero attached hydrogens (tertiary/aromatic N) is 2. The van der Waals surface area contributed by atoms with Gasteiger partial charge in [0, 0.05) is 28.5 Å². The van der Waals surface area contributed by atoms with E-state index in [9.17, 15) is 9.59 Å². The molecular formula is C30H32N2O4. The lowest BCUT2D eigenvalue weighted by Crippen LogP contribution is -2.24. The van der Waals surface area contributed by atoms with Crippen molar-refractivity contribution in [2.45, 2.75) is 41.5 Å². The minimum atomic E-state index is -0.538. The number of methoxy groups -OCH3 is 1. The normalized spacial score (nSPS) is 14.7. The molecule has 0 radical (unpaired) electrons. The van der Waals surface area contributed by atoms with Gasteiger partial charge in [-0.2, -0.15) is 0 Å². The first-order valence-corrected chi connectivity index (χ1v) is 12.0. The maximum absolute atomic E-state index is 13.7. The van der Waals surface area contributed by atoms with Crippen LogP contribution in [0.4, 0.5) is 5.69 Å². The highest BCUT2D eigenvalue weighted by molar-refractivity contribution is 6.23. The number of amides is 1. The molecule has 36 heavy (non-hydrogen) atoms. The van der Waals surface area contributed by atoms with Gasteiger partial charge in [-0.15, -0.1) is 0 Å². The van der Waals surface area contributed by atoms with Crippen LogP contribution in [0, 0.1) is 27.7 Å². The summed E-state index contributed by atoms with van der Waals surface area (Å²) in [5.41, 5.74) is 8.12. The molecule has 6 heteroatoms. The lowest BCUT2D eigenvalue weighted by Gasteiger charge is -2.18. The van der Waals surface area contributed by atoms with Crippen molar-refractivity contribution in [3.8, 4) is 11.4 Å². The van der Waals surface area contributed by atoms with E-state index in [-0.39, 0.29) is 11.5 Å². The van der Waals surface area contributed by atoms with Crippen LogP contribution >= 0.6 is 0 Å². The highest BCUT2D eigenvalue weighted by atomic mass is 16.5. The van der Waals surface area contributed by atoms with Gasteiger partial charge in [0.1, 0.15) is 5.75 Å². The fourth-order valence-electron chi connectivity index (χ4n) is 4.77. The van der Waals surface area contributed by atoms with Crippen LogP contribution in [0.5, 0.6) is 5.75 Å². The molecule has 4 rings (SSSR count). The van der Waals surface area contributed by atoms with Gasteiger partial charge in [-0.1, -0.05) is 12.1 Å². The van der Waals surface area contributed by atoms with Crippen LogP contribution in [0.3, 0.4) is 0 Å². The number of carbonyl (C=O) groups excluding carboxylic acids is 2. The second-order valence-electron chi connectivity index (χ2n) is 9.03. The van der Waals surface area contributed by atoms with E-state index >= 15 is 0 Å². The molecule has 3 aromatic rings. The van der Waals surface area contributed by atoms with E-state index < -0.39 is 5.97 Å². The third-order valence-electron chi connectivity index (χ3n) is 6.57. The van der Waals surface area contributed by atoms with Crippen molar-refractivity contribution in [1.82, 2.24) is 4.57 Å². The Kier molecular flexibility index (Phi) is 6.88. The molecule has 6 nitrogen and oxygen atoms in total. The van der Waals surface area contributed by atoms with Crippen molar-refractivity contribution in [2.75, 3.05) is 18.6 Å². The van der Waals surface area contributed by atoms with Gasteiger partial charge >= 0.3 is 5.97 Å². The zero-order valence-electron chi connectivity index (χ0n) is 21.9. The van der Waals surface area contributed by atoms with Crippen LogP contribution in [0.15, 0.2) is 65.4 Å². The van der Waals surface area contributed by atoms with Gasteiger partial charge in [-0.3, -0.25) is 9.69 Å². The van der Waals surface area contributed by atoms with Crippen LogP contribution in [0.25, 0.3) is 11.8 Å². The standard InChI is InChI=1S/C30H32N2O4/c1-8-36-25-13-11-24(12-14-25)32-22(6)28(30(34)35-7)26(29(32)33)17-23-16-20(4)31(21(23)5)27-15-18(2)9-10-19(27)3/h9-17H,8H2,1-7H3/b26-17-. The number of anilines is 1. The average Bonchev–Trinajstić information content (AvgIpc) is 3.27. The lowest BCUT2D eigenvalue weighted by atomic mass is 10.0. The lowest BCUT2D eigenvalue weighted by molar-refractivity contribution is -0.136. The summed E-state index contributed by atoms with van der Waals surface area (Å²) >= 11 is 0. The molecule has 0 fully saturated rings.